The topological polar surface area (TPSA) is 79.9 Å². The molecule has 0 saturated heterocycles. The molecule has 0 aliphatic rings. The van der Waals surface area contributed by atoms with Gasteiger partial charge in [-0.15, -0.1) is 0 Å². The first-order valence-electron chi connectivity index (χ1n) is 11.5. The van der Waals surface area contributed by atoms with E-state index in [1.165, 1.54) is 0 Å². The van der Waals surface area contributed by atoms with Gasteiger partial charge >= 0.3 is 0 Å². The van der Waals surface area contributed by atoms with Gasteiger partial charge < -0.3 is 10.1 Å². The molecule has 0 aliphatic carbocycles. The van der Waals surface area contributed by atoms with Crippen molar-refractivity contribution in [2.45, 2.75) is 13.8 Å². The summed E-state index contributed by atoms with van der Waals surface area (Å²) in [6.07, 6.45) is 5.09. The molecule has 1 heterocycles. The second-order valence-electron chi connectivity index (χ2n) is 8.28. The van der Waals surface area contributed by atoms with Crippen molar-refractivity contribution in [2.75, 3.05) is 11.9 Å². The van der Waals surface area contributed by atoms with Gasteiger partial charge in [0.1, 0.15) is 29.7 Å². The van der Waals surface area contributed by atoms with E-state index < -0.39 is 5.91 Å². The molecule has 178 valence electrons. The minimum absolute atomic E-state index is 0.0212. The minimum atomic E-state index is -0.482. The van der Waals surface area contributed by atoms with E-state index in [9.17, 15) is 10.1 Å². The lowest BCUT2D eigenvalue weighted by Gasteiger charge is -2.09. The molecule has 6 heteroatoms. The van der Waals surface area contributed by atoms with E-state index in [2.05, 4.69) is 11.9 Å². The molecule has 0 spiro atoms. The van der Waals surface area contributed by atoms with Crippen molar-refractivity contribution in [2.24, 2.45) is 0 Å². The fourth-order valence-electron chi connectivity index (χ4n) is 3.68. The lowest BCUT2D eigenvalue weighted by Crippen LogP contribution is -2.13. The summed E-state index contributed by atoms with van der Waals surface area (Å²) in [5.74, 6) is 0.276. The van der Waals surface area contributed by atoms with Crippen LogP contribution in [0.3, 0.4) is 0 Å². The highest BCUT2D eigenvalue weighted by atomic mass is 16.5. The number of nitrogens with zero attached hydrogens (tertiary/aromatic N) is 3. The number of nitriles is 1. The Labute approximate surface area is 210 Å². The van der Waals surface area contributed by atoms with Crippen LogP contribution in [0.1, 0.15) is 16.7 Å². The molecule has 0 radical (unpaired) electrons. The van der Waals surface area contributed by atoms with E-state index in [1.807, 2.05) is 86.8 Å². The molecule has 4 aromatic rings. The number of ether oxygens (including phenoxy) is 1. The van der Waals surface area contributed by atoms with Crippen molar-refractivity contribution in [1.29, 1.82) is 5.26 Å². The van der Waals surface area contributed by atoms with Crippen LogP contribution in [-0.2, 0) is 4.79 Å². The van der Waals surface area contributed by atoms with Crippen molar-refractivity contribution in [3.8, 4) is 28.8 Å². The van der Waals surface area contributed by atoms with Crippen LogP contribution >= 0.6 is 0 Å². The van der Waals surface area contributed by atoms with E-state index in [4.69, 9.17) is 9.84 Å². The SMILES string of the molecule is C=CCOc1ccc(-c2nn(-c3ccccc3)cc2/C=C(/C#N)C(=O)Nc2ccc(C)cc2)cc1C. The maximum atomic E-state index is 12.9. The summed E-state index contributed by atoms with van der Waals surface area (Å²) >= 11 is 0. The van der Waals surface area contributed by atoms with Crippen molar-refractivity contribution < 1.29 is 9.53 Å². The van der Waals surface area contributed by atoms with E-state index in [0.29, 0.717) is 23.6 Å². The summed E-state index contributed by atoms with van der Waals surface area (Å²) in [5, 5.41) is 17.4. The number of benzene rings is 3. The first kappa shape index (κ1) is 24.2. The number of para-hydroxylation sites is 1. The Morgan fingerprint density at radius 3 is 2.53 bits per heavy atom. The molecule has 0 atom stereocenters. The van der Waals surface area contributed by atoms with Crippen molar-refractivity contribution >= 4 is 17.7 Å². The lowest BCUT2D eigenvalue weighted by atomic mass is 10.0. The second kappa shape index (κ2) is 11.0. The molecular weight excluding hydrogens is 448 g/mol. The fraction of sp³-hybridized carbons (Fsp3) is 0.100. The zero-order valence-electron chi connectivity index (χ0n) is 20.2. The number of anilines is 1. The number of carbonyl (C=O) groups excluding carboxylic acids is 1. The Bertz CT molecular complexity index is 1460. The summed E-state index contributed by atoms with van der Waals surface area (Å²) in [7, 11) is 0. The van der Waals surface area contributed by atoms with Crippen LogP contribution in [0, 0.1) is 25.2 Å². The Hall–Kier alpha value is -4.89. The van der Waals surface area contributed by atoms with Crippen molar-refractivity contribution in [3.63, 3.8) is 0 Å². The molecule has 0 fully saturated rings. The third-order valence-corrected chi connectivity index (χ3v) is 5.54. The van der Waals surface area contributed by atoms with E-state index >= 15 is 0 Å². The molecule has 1 aromatic heterocycles. The van der Waals surface area contributed by atoms with Gasteiger partial charge in [0.15, 0.2) is 0 Å². The Kier molecular flexibility index (Phi) is 7.42. The molecule has 3 aromatic carbocycles. The number of hydrogen-bond acceptors (Lipinski definition) is 4. The number of rotatable bonds is 8. The number of aryl methyl sites for hydroxylation is 2. The first-order valence-corrected chi connectivity index (χ1v) is 11.5. The largest absolute Gasteiger partial charge is 0.489 e. The molecule has 4 rings (SSSR count). The normalized spacial score (nSPS) is 11.0. The molecule has 6 nitrogen and oxygen atoms in total. The second-order valence-corrected chi connectivity index (χ2v) is 8.28. The quantitative estimate of drug-likeness (QED) is 0.185. The lowest BCUT2D eigenvalue weighted by molar-refractivity contribution is -0.112. The van der Waals surface area contributed by atoms with Gasteiger partial charge in [-0.3, -0.25) is 4.79 Å². The molecule has 36 heavy (non-hydrogen) atoms. The maximum absolute atomic E-state index is 12.9. The monoisotopic (exact) mass is 474 g/mol. The zero-order valence-corrected chi connectivity index (χ0v) is 20.2. The number of amides is 1. The maximum Gasteiger partial charge on any atom is 0.266 e. The molecule has 1 amide bonds. The van der Waals surface area contributed by atoms with Gasteiger partial charge in [-0.1, -0.05) is 48.6 Å². The molecule has 0 bridgehead atoms. The highest BCUT2D eigenvalue weighted by Crippen LogP contribution is 2.30. The predicted octanol–water partition coefficient (Wildman–Crippen LogP) is 6.27. The van der Waals surface area contributed by atoms with Crippen LogP contribution in [0.15, 0.2) is 97.2 Å². The van der Waals surface area contributed by atoms with Crippen LogP contribution in [0.25, 0.3) is 23.0 Å². The van der Waals surface area contributed by atoms with Crippen LogP contribution in [0.2, 0.25) is 0 Å². The predicted molar refractivity (Wildman–Crippen MR) is 143 cm³/mol. The number of hydrogen-bond donors (Lipinski definition) is 1. The first-order chi connectivity index (χ1) is 17.5. The Morgan fingerprint density at radius 2 is 1.86 bits per heavy atom. The van der Waals surface area contributed by atoms with Gasteiger partial charge in [0.2, 0.25) is 0 Å². The van der Waals surface area contributed by atoms with Gasteiger partial charge in [-0.05, 0) is 68.0 Å². The van der Waals surface area contributed by atoms with Crippen molar-refractivity contribution in [3.05, 3.63) is 114 Å². The molecule has 0 saturated carbocycles. The summed E-state index contributed by atoms with van der Waals surface area (Å²) in [6, 6.07) is 24.9. The highest BCUT2D eigenvalue weighted by molar-refractivity contribution is 6.10. The fourth-order valence-corrected chi connectivity index (χ4v) is 3.68. The number of nitrogens with one attached hydrogen (secondary N) is 1. The zero-order chi connectivity index (χ0) is 25.5. The molecule has 1 N–H and O–H groups in total. The van der Waals surface area contributed by atoms with E-state index in [-0.39, 0.29) is 5.57 Å². The Morgan fingerprint density at radius 1 is 1.11 bits per heavy atom. The Balaban J connectivity index is 1.74. The van der Waals surface area contributed by atoms with Crippen LogP contribution in [0.4, 0.5) is 5.69 Å². The highest BCUT2D eigenvalue weighted by Gasteiger charge is 2.16. The number of aromatic nitrogens is 2. The molecule has 0 unspecified atom stereocenters. The summed E-state index contributed by atoms with van der Waals surface area (Å²) in [4.78, 5) is 12.9. The van der Waals surface area contributed by atoms with Gasteiger partial charge in [-0.25, -0.2) is 4.68 Å². The van der Waals surface area contributed by atoms with Crippen LogP contribution in [0.5, 0.6) is 5.75 Å². The summed E-state index contributed by atoms with van der Waals surface area (Å²) in [6.45, 7) is 8.04. The molecular formula is C30H26N4O2. The average Bonchev–Trinajstić information content (AvgIpc) is 3.32. The smallest absolute Gasteiger partial charge is 0.266 e. The van der Waals surface area contributed by atoms with Crippen molar-refractivity contribution in [1.82, 2.24) is 9.78 Å². The van der Waals surface area contributed by atoms with Gasteiger partial charge in [0.05, 0.1) is 5.69 Å². The van der Waals surface area contributed by atoms with Crippen LogP contribution < -0.4 is 10.1 Å². The third-order valence-electron chi connectivity index (χ3n) is 5.54. The molecule has 0 aliphatic heterocycles. The van der Waals surface area contributed by atoms with Gasteiger partial charge in [0, 0.05) is 23.0 Å². The summed E-state index contributed by atoms with van der Waals surface area (Å²) in [5.41, 5.74) is 5.63. The van der Waals surface area contributed by atoms with E-state index in [0.717, 1.165) is 28.1 Å². The number of carbonyl (C=O) groups is 1. The van der Waals surface area contributed by atoms with Gasteiger partial charge in [0.25, 0.3) is 5.91 Å². The van der Waals surface area contributed by atoms with Crippen LogP contribution in [-0.4, -0.2) is 22.3 Å². The minimum Gasteiger partial charge on any atom is -0.489 e. The third kappa shape index (κ3) is 5.60. The van der Waals surface area contributed by atoms with Gasteiger partial charge in [-0.2, -0.15) is 10.4 Å². The average molecular weight is 475 g/mol. The standard InChI is InChI=1S/C30H26N4O2/c1-4-16-36-28-15-12-23(17-22(28)3)29-25(20-34(33-29)27-8-6-5-7-9-27)18-24(19-31)30(35)32-26-13-10-21(2)11-14-26/h4-15,17-18,20H,1,16H2,2-3H3,(H,32,35)/b24-18-. The summed E-state index contributed by atoms with van der Waals surface area (Å²) < 4.78 is 7.45. The van der Waals surface area contributed by atoms with E-state index in [1.54, 1.807) is 29.0 Å².